The number of benzene rings is 1. The molecule has 2 fully saturated rings. The van der Waals surface area contributed by atoms with E-state index in [0.29, 0.717) is 5.69 Å². The molecule has 2 aliphatic heterocycles. The van der Waals surface area contributed by atoms with Crippen molar-refractivity contribution in [2.45, 2.75) is 19.8 Å². The number of amides is 1. The minimum atomic E-state index is 0. The summed E-state index contributed by atoms with van der Waals surface area (Å²) < 4.78 is 0. The fourth-order valence-corrected chi connectivity index (χ4v) is 4.58. The van der Waals surface area contributed by atoms with Crippen molar-refractivity contribution in [3.8, 4) is 10.6 Å². The molecule has 0 spiro atoms. The van der Waals surface area contributed by atoms with Gasteiger partial charge in [-0.3, -0.25) is 4.79 Å². The topological polar surface area (TPSA) is 45.2 Å². The number of fused-ring (bicyclic) bond motifs is 1. The van der Waals surface area contributed by atoms with Crippen molar-refractivity contribution in [1.29, 1.82) is 0 Å². The van der Waals surface area contributed by atoms with Crippen LogP contribution in [0.4, 0.5) is 0 Å². The molecule has 1 N–H and O–H groups in total. The third-order valence-electron chi connectivity index (χ3n) is 5.33. The fourth-order valence-electron chi connectivity index (χ4n) is 3.78. The lowest BCUT2D eigenvalue weighted by atomic mass is 9.92. The molecule has 2 saturated heterocycles. The molecule has 7 heteroatoms. The lowest BCUT2D eigenvalue weighted by Gasteiger charge is -2.19. The van der Waals surface area contributed by atoms with E-state index < -0.39 is 0 Å². The second kappa shape index (κ2) is 9.18. The average molecular weight is 414 g/mol. The largest absolute Gasteiger partial charge is 0.337 e. The number of aromatic nitrogens is 1. The Bertz CT molecular complexity index is 721. The van der Waals surface area contributed by atoms with E-state index in [2.05, 4.69) is 41.5 Å². The summed E-state index contributed by atoms with van der Waals surface area (Å²) in [7, 11) is 0. The molecule has 2 aliphatic rings. The van der Waals surface area contributed by atoms with Crippen LogP contribution in [-0.2, 0) is 0 Å². The summed E-state index contributed by atoms with van der Waals surface area (Å²) in [4.78, 5) is 19.4. The number of hydrogen-bond donors (Lipinski definition) is 1. The highest BCUT2D eigenvalue weighted by Gasteiger charge is 2.32. The van der Waals surface area contributed by atoms with Crippen LogP contribution >= 0.6 is 36.2 Å². The Morgan fingerprint density at radius 2 is 1.73 bits per heavy atom. The molecule has 1 amide bonds. The minimum absolute atomic E-state index is 0. The molecule has 0 radical (unpaired) electrons. The first kappa shape index (κ1) is 21.2. The van der Waals surface area contributed by atoms with Gasteiger partial charge < -0.3 is 10.2 Å². The SMILES string of the molecule is Cc1ccc(-c2nc(C(=O)N3CC[C@@H]4CNC[C@@H]4CC3)cs2)cc1.Cl.Cl. The third-order valence-corrected chi connectivity index (χ3v) is 6.22. The van der Waals surface area contributed by atoms with E-state index in [0.717, 1.165) is 61.4 Å². The molecule has 0 unspecified atom stereocenters. The normalized spacial score (nSPS) is 22.0. The van der Waals surface area contributed by atoms with Crippen LogP contribution in [0, 0.1) is 18.8 Å². The molecule has 4 nitrogen and oxygen atoms in total. The Labute approximate surface area is 171 Å². The van der Waals surface area contributed by atoms with Crippen LogP contribution in [0.3, 0.4) is 0 Å². The van der Waals surface area contributed by atoms with Gasteiger partial charge in [-0.15, -0.1) is 36.2 Å². The number of rotatable bonds is 2. The lowest BCUT2D eigenvalue weighted by Crippen LogP contribution is -2.33. The molecule has 2 aromatic rings. The second-order valence-electron chi connectivity index (χ2n) is 6.95. The van der Waals surface area contributed by atoms with Gasteiger partial charge in [-0.1, -0.05) is 29.8 Å². The number of carbonyl (C=O) groups is 1. The molecule has 2 atom stereocenters. The Kier molecular flexibility index (Phi) is 7.47. The molecule has 0 saturated carbocycles. The zero-order valence-corrected chi connectivity index (χ0v) is 17.3. The van der Waals surface area contributed by atoms with Crippen LogP contribution < -0.4 is 5.32 Å². The number of halogens is 2. The van der Waals surface area contributed by atoms with Crippen molar-refractivity contribution >= 4 is 42.1 Å². The smallest absolute Gasteiger partial charge is 0.273 e. The van der Waals surface area contributed by atoms with Gasteiger partial charge in [0.15, 0.2) is 0 Å². The number of likely N-dealkylation sites (tertiary alicyclic amines) is 1. The lowest BCUT2D eigenvalue weighted by molar-refractivity contribution is 0.0753. The highest BCUT2D eigenvalue weighted by atomic mass is 35.5. The summed E-state index contributed by atoms with van der Waals surface area (Å²) in [5.41, 5.74) is 2.91. The maximum Gasteiger partial charge on any atom is 0.273 e. The number of nitrogens with zero attached hydrogens (tertiary/aromatic N) is 2. The van der Waals surface area contributed by atoms with Crippen LogP contribution in [0.25, 0.3) is 10.6 Å². The molecular formula is C19H25Cl2N3OS. The van der Waals surface area contributed by atoms with E-state index in [1.165, 1.54) is 5.56 Å². The van der Waals surface area contributed by atoms with Gasteiger partial charge in [-0.2, -0.15) is 0 Å². The quantitative estimate of drug-likeness (QED) is 0.807. The Morgan fingerprint density at radius 1 is 1.12 bits per heavy atom. The molecule has 142 valence electrons. The molecule has 0 bridgehead atoms. The summed E-state index contributed by atoms with van der Waals surface area (Å²) in [5, 5.41) is 6.31. The fraction of sp³-hybridized carbons (Fsp3) is 0.474. The Morgan fingerprint density at radius 3 is 2.35 bits per heavy atom. The third kappa shape index (κ3) is 4.39. The van der Waals surface area contributed by atoms with Crippen molar-refractivity contribution in [1.82, 2.24) is 15.2 Å². The number of thiazole rings is 1. The minimum Gasteiger partial charge on any atom is -0.337 e. The van der Waals surface area contributed by atoms with E-state index in [4.69, 9.17) is 0 Å². The van der Waals surface area contributed by atoms with Gasteiger partial charge in [0.25, 0.3) is 5.91 Å². The van der Waals surface area contributed by atoms with E-state index in [1.807, 2.05) is 10.3 Å². The Hall–Kier alpha value is -1.14. The van der Waals surface area contributed by atoms with Gasteiger partial charge in [0.05, 0.1) is 0 Å². The number of hydrogen-bond acceptors (Lipinski definition) is 4. The molecular weight excluding hydrogens is 389 g/mol. The molecule has 1 aromatic carbocycles. The number of aryl methyl sites for hydroxylation is 1. The van der Waals surface area contributed by atoms with Gasteiger partial charge in [0.2, 0.25) is 0 Å². The molecule has 26 heavy (non-hydrogen) atoms. The zero-order chi connectivity index (χ0) is 16.5. The van der Waals surface area contributed by atoms with Gasteiger partial charge in [-0.25, -0.2) is 4.98 Å². The van der Waals surface area contributed by atoms with Crippen LogP contribution in [0.2, 0.25) is 0 Å². The summed E-state index contributed by atoms with van der Waals surface area (Å²) in [6.07, 6.45) is 2.22. The van der Waals surface area contributed by atoms with E-state index in [1.54, 1.807) is 11.3 Å². The summed E-state index contributed by atoms with van der Waals surface area (Å²) in [6.45, 7) is 6.02. The molecule has 0 aliphatic carbocycles. The van der Waals surface area contributed by atoms with Crippen molar-refractivity contribution < 1.29 is 4.79 Å². The van der Waals surface area contributed by atoms with Crippen LogP contribution in [0.15, 0.2) is 29.6 Å². The van der Waals surface area contributed by atoms with Crippen LogP contribution in [0.1, 0.15) is 28.9 Å². The highest BCUT2D eigenvalue weighted by molar-refractivity contribution is 7.13. The first-order chi connectivity index (χ1) is 11.7. The van der Waals surface area contributed by atoms with Crippen molar-refractivity contribution in [3.05, 3.63) is 40.9 Å². The van der Waals surface area contributed by atoms with Crippen molar-refractivity contribution in [2.24, 2.45) is 11.8 Å². The Balaban J connectivity index is 0.00000121. The maximum absolute atomic E-state index is 12.8. The van der Waals surface area contributed by atoms with Gasteiger partial charge >= 0.3 is 0 Å². The van der Waals surface area contributed by atoms with Gasteiger partial charge in [0, 0.05) is 24.0 Å². The van der Waals surface area contributed by atoms with E-state index in [9.17, 15) is 4.79 Å². The standard InChI is InChI=1S/C19H23N3OS.2ClH/c1-13-2-4-14(5-3-13)18-21-17(12-24-18)19(23)22-8-6-15-10-20-11-16(15)7-9-22;;/h2-5,12,15-16,20H,6-11H2,1H3;2*1H/t15-,16+;;. The van der Waals surface area contributed by atoms with Crippen LogP contribution in [0.5, 0.6) is 0 Å². The van der Waals surface area contributed by atoms with Crippen molar-refractivity contribution in [3.63, 3.8) is 0 Å². The maximum atomic E-state index is 12.8. The zero-order valence-electron chi connectivity index (χ0n) is 14.8. The van der Waals surface area contributed by atoms with E-state index >= 15 is 0 Å². The van der Waals surface area contributed by atoms with Gasteiger partial charge in [0.1, 0.15) is 10.7 Å². The number of nitrogens with one attached hydrogen (secondary N) is 1. The van der Waals surface area contributed by atoms with E-state index in [-0.39, 0.29) is 30.7 Å². The first-order valence-corrected chi connectivity index (χ1v) is 9.61. The van der Waals surface area contributed by atoms with Crippen molar-refractivity contribution in [2.75, 3.05) is 26.2 Å². The van der Waals surface area contributed by atoms with Crippen LogP contribution in [-0.4, -0.2) is 42.0 Å². The highest BCUT2D eigenvalue weighted by Crippen LogP contribution is 2.29. The molecule has 4 rings (SSSR count). The monoisotopic (exact) mass is 413 g/mol. The number of carbonyl (C=O) groups excluding carboxylic acids is 1. The first-order valence-electron chi connectivity index (χ1n) is 8.73. The second-order valence-corrected chi connectivity index (χ2v) is 7.81. The van der Waals surface area contributed by atoms with Gasteiger partial charge in [-0.05, 0) is 44.7 Å². The molecule has 3 heterocycles. The predicted molar refractivity (Wildman–Crippen MR) is 112 cm³/mol. The molecule has 1 aromatic heterocycles. The predicted octanol–water partition coefficient (Wildman–Crippen LogP) is 4.03. The summed E-state index contributed by atoms with van der Waals surface area (Å²) in [5.74, 6) is 1.57. The average Bonchev–Trinajstić information content (AvgIpc) is 3.21. The summed E-state index contributed by atoms with van der Waals surface area (Å²) in [6, 6.07) is 8.31. The summed E-state index contributed by atoms with van der Waals surface area (Å²) >= 11 is 1.55.